The largest absolute Gasteiger partial charge is 0.459 e. The highest BCUT2D eigenvalue weighted by molar-refractivity contribution is 5.97. The van der Waals surface area contributed by atoms with Crippen LogP contribution in [-0.4, -0.2) is 45.1 Å². The fourth-order valence-corrected chi connectivity index (χ4v) is 2.08. The minimum Gasteiger partial charge on any atom is -0.459 e. The maximum absolute atomic E-state index is 12.0. The van der Waals surface area contributed by atoms with E-state index in [0.29, 0.717) is 11.5 Å². The summed E-state index contributed by atoms with van der Waals surface area (Å²) in [5, 5.41) is 6.76. The lowest BCUT2D eigenvalue weighted by molar-refractivity contribution is -0.116. The molecule has 122 valence electrons. The monoisotopic (exact) mass is 325 g/mol. The number of hydrogen-bond acceptors (Lipinski definition) is 5. The highest BCUT2D eigenvalue weighted by atomic mass is 16.3. The van der Waals surface area contributed by atoms with Gasteiger partial charge in [0.25, 0.3) is 5.91 Å². The zero-order valence-electron chi connectivity index (χ0n) is 12.9. The van der Waals surface area contributed by atoms with Gasteiger partial charge in [-0.1, -0.05) is 0 Å². The molecule has 0 fully saturated rings. The van der Waals surface area contributed by atoms with Crippen molar-refractivity contribution >= 4 is 17.5 Å². The van der Waals surface area contributed by atoms with Gasteiger partial charge in [-0.05, 0) is 30.3 Å². The van der Waals surface area contributed by atoms with E-state index in [0.717, 1.165) is 0 Å². The van der Waals surface area contributed by atoms with Crippen molar-refractivity contribution in [2.24, 2.45) is 0 Å². The van der Waals surface area contributed by atoms with E-state index in [-0.39, 0.29) is 24.1 Å². The van der Waals surface area contributed by atoms with Crippen molar-refractivity contribution in [3.8, 4) is 5.82 Å². The zero-order chi connectivity index (χ0) is 16.9. The normalized spacial score (nSPS) is 10.4. The highest BCUT2D eigenvalue weighted by Gasteiger charge is 2.17. The first kappa shape index (κ1) is 15.5. The van der Waals surface area contributed by atoms with Gasteiger partial charge in [0.15, 0.2) is 11.6 Å². The Morgan fingerprint density at radius 2 is 2.17 bits per heavy atom. The Morgan fingerprint density at radius 1 is 1.29 bits per heavy atom. The van der Waals surface area contributed by atoms with Crippen LogP contribution in [-0.2, 0) is 4.79 Å². The van der Waals surface area contributed by atoms with E-state index >= 15 is 0 Å². The number of carbonyl (C=O) groups is 2. The summed E-state index contributed by atoms with van der Waals surface area (Å²) in [4.78, 5) is 29.5. The molecule has 2 amide bonds. The summed E-state index contributed by atoms with van der Waals surface area (Å²) in [5.41, 5.74) is 0.537. The third kappa shape index (κ3) is 3.49. The molecule has 0 unspecified atom stereocenters. The first-order valence-electron chi connectivity index (χ1n) is 7.18. The average Bonchev–Trinajstić information content (AvgIpc) is 3.28. The molecule has 8 nitrogen and oxygen atoms in total. The second-order valence-corrected chi connectivity index (χ2v) is 5.04. The van der Waals surface area contributed by atoms with Gasteiger partial charge in [-0.2, -0.15) is 5.10 Å². The minimum absolute atomic E-state index is 0.0968. The van der Waals surface area contributed by atoms with Crippen molar-refractivity contribution in [1.29, 1.82) is 0 Å². The van der Waals surface area contributed by atoms with Crippen LogP contribution in [0.1, 0.15) is 10.6 Å². The SMILES string of the molecule is CN(CC(=O)Nc1ccc(-n2cccn2)nc1)C(=O)c1ccco1. The number of furan rings is 1. The molecular weight excluding hydrogens is 310 g/mol. The van der Waals surface area contributed by atoms with Crippen molar-refractivity contribution in [2.75, 3.05) is 18.9 Å². The minimum atomic E-state index is -0.359. The van der Waals surface area contributed by atoms with Crippen molar-refractivity contribution in [1.82, 2.24) is 19.7 Å². The van der Waals surface area contributed by atoms with E-state index in [2.05, 4.69) is 15.4 Å². The fraction of sp³-hybridized carbons (Fsp3) is 0.125. The van der Waals surface area contributed by atoms with Crippen LogP contribution in [0.2, 0.25) is 0 Å². The predicted molar refractivity (Wildman–Crippen MR) is 85.7 cm³/mol. The third-order valence-corrected chi connectivity index (χ3v) is 3.23. The molecule has 0 spiro atoms. The quantitative estimate of drug-likeness (QED) is 0.768. The Labute approximate surface area is 137 Å². The van der Waals surface area contributed by atoms with Gasteiger partial charge in [0.2, 0.25) is 5.91 Å². The Balaban J connectivity index is 1.57. The number of amides is 2. The van der Waals surface area contributed by atoms with Gasteiger partial charge in [-0.25, -0.2) is 9.67 Å². The molecule has 0 bridgehead atoms. The van der Waals surface area contributed by atoms with E-state index in [1.807, 2.05) is 0 Å². The molecule has 0 saturated carbocycles. The third-order valence-electron chi connectivity index (χ3n) is 3.23. The van der Waals surface area contributed by atoms with Crippen molar-refractivity contribution < 1.29 is 14.0 Å². The molecule has 0 radical (unpaired) electrons. The number of nitrogens with zero attached hydrogens (tertiary/aromatic N) is 4. The summed E-state index contributed by atoms with van der Waals surface area (Å²) in [7, 11) is 1.53. The van der Waals surface area contributed by atoms with Crippen LogP contribution in [0.25, 0.3) is 5.82 Å². The number of carbonyl (C=O) groups excluding carboxylic acids is 2. The van der Waals surface area contributed by atoms with E-state index in [1.54, 1.807) is 47.4 Å². The number of likely N-dealkylation sites (N-methyl/N-ethyl adjacent to an activating group) is 1. The summed E-state index contributed by atoms with van der Waals surface area (Å²) >= 11 is 0. The summed E-state index contributed by atoms with van der Waals surface area (Å²) in [5.74, 6) is 0.145. The van der Waals surface area contributed by atoms with E-state index in [4.69, 9.17) is 4.42 Å². The first-order chi connectivity index (χ1) is 11.6. The molecule has 3 rings (SSSR count). The molecule has 3 heterocycles. The van der Waals surface area contributed by atoms with Crippen molar-refractivity contribution in [3.05, 3.63) is 60.9 Å². The highest BCUT2D eigenvalue weighted by Crippen LogP contribution is 2.09. The standard InChI is InChI=1S/C16H15N5O3/c1-20(16(23)13-4-2-9-24-13)11-15(22)19-12-5-6-14(17-10-12)21-8-3-7-18-21/h2-10H,11H2,1H3,(H,19,22). The molecular formula is C16H15N5O3. The topological polar surface area (TPSA) is 93.3 Å². The number of aromatic nitrogens is 3. The van der Waals surface area contributed by atoms with Crippen LogP contribution in [0.15, 0.2) is 59.6 Å². The summed E-state index contributed by atoms with van der Waals surface area (Å²) in [6.07, 6.45) is 6.37. The van der Waals surface area contributed by atoms with Gasteiger partial charge in [0.05, 0.1) is 24.7 Å². The van der Waals surface area contributed by atoms with Gasteiger partial charge in [0, 0.05) is 19.4 Å². The fourth-order valence-electron chi connectivity index (χ4n) is 2.08. The molecule has 24 heavy (non-hydrogen) atoms. The lowest BCUT2D eigenvalue weighted by atomic mass is 10.3. The van der Waals surface area contributed by atoms with Crippen LogP contribution in [0.3, 0.4) is 0 Å². The maximum atomic E-state index is 12.0. The molecule has 0 aromatic carbocycles. The predicted octanol–water partition coefficient (Wildman–Crippen LogP) is 1.57. The number of hydrogen-bond donors (Lipinski definition) is 1. The lowest BCUT2D eigenvalue weighted by Crippen LogP contribution is -2.34. The molecule has 0 saturated heterocycles. The van der Waals surface area contributed by atoms with Crippen molar-refractivity contribution in [3.63, 3.8) is 0 Å². The molecule has 1 N–H and O–H groups in total. The second-order valence-electron chi connectivity index (χ2n) is 5.04. The Hall–Kier alpha value is -3.42. The van der Waals surface area contributed by atoms with Gasteiger partial charge in [0.1, 0.15) is 0 Å². The molecule has 0 aliphatic rings. The zero-order valence-corrected chi connectivity index (χ0v) is 12.9. The number of pyridine rings is 1. The summed E-state index contributed by atoms with van der Waals surface area (Å²) in [6, 6.07) is 8.42. The van der Waals surface area contributed by atoms with Crippen LogP contribution in [0, 0.1) is 0 Å². The Bertz CT molecular complexity index is 810. The van der Waals surface area contributed by atoms with Crippen LogP contribution in [0.5, 0.6) is 0 Å². The van der Waals surface area contributed by atoms with Crippen LogP contribution < -0.4 is 5.32 Å². The molecule has 0 atom stereocenters. The van der Waals surface area contributed by atoms with Crippen LogP contribution in [0.4, 0.5) is 5.69 Å². The Morgan fingerprint density at radius 3 is 2.79 bits per heavy atom. The number of nitrogens with one attached hydrogen (secondary N) is 1. The van der Waals surface area contributed by atoms with Gasteiger partial charge >= 0.3 is 0 Å². The van der Waals surface area contributed by atoms with E-state index in [1.165, 1.54) is 24.4 Å². The summed E-state index contributed by atoms with van der Waals surface area (Å²) < 4.78 is 6.64. The van der Waals surface area contributed by atoms with Gasteiger partial charge < -0.3 is 14.6 Å². The lowest BCUT2D eigenvalue weighted by Gasteiger charge is -2.15. The molecule has 0 aliphatic heterocycles. The molecule has 0 aliphatic carbocycles. The van der Waals surface area contributed by atoms with Gasteiger partial charge in [-0.15, -0.1) is 0 Å². The van der Waals surface area contributed by atoms with Crippen molar-refractivity contribution in [2.45, 2.75) is 0 Å². The second kappa shape index (κ2) is 6.78. The molecule has 3 aromatic heterocycles. The number of anilines is 1. The van der Waals surface area contributed by atoms with Gasteiger partial charge in [-0.3, -0.25) is 9.59 Å². The molecule has 8 heteroatoms. The Kier molecular flexibility index (Phi) is 4.37. The van der Waals surface area contributed by atoms with E-state index < -0.39 is 0 Å². The maximum Gasteiger partial charge on any atom is 0.289 e. The smallest absolute Gasteiger partial charge is 0.289 e. The molecule has 3 aromatic rings. The number of rotatable bonds is 5. The van der Waals surface area contributed by atoms with Crippen LogP contribution >= 0.6 is 0 Å². The summed E-state index contributed by atoms with van der Waals surface area (Å²) in [6.45, 7) is -0.0968. The first-order valence-corrected chi connectivity index (χ1v) is 7.18. The average molecular weight is 325 g/mol. The van der Waals surface area contributed by atoms with E-state index in [9.17, 15) is 9.59 Å².